The van der Waals surface area contributed by atoms with E-state index in [1.807, 2.05) is 30.3 Å². The third kappa shape index (κ3) is 6.45. The van der Waals surface area contributed by atoms with Crippen LogP contribution in [0.3, 0.4) is 0 Å². The molecule has 214 valence electrons. The summed E-state index contributed by atoms with van der Waals surface area (Å²) in [6.45, 7) is 3.57. The summed E-state index contributed by atoms with van der Waals surface area (Å²) < 4.78 is 28.6. The number of nitrogens with one attached hydrogen (secondary N) is 3. The average molecular weight is 577 g/mol. The third-order valence-electron chi connectivity index (χ3n) is 6.83. The summed E-state index contributed by atoms with van der Waals surface area (Å²) in [5.41, 5.74) is 6.84. The van der Waals surface area contributed by atoms with E-state index in [1.165, 1.54) is 30.6 Å². The lowest BCUT2D eigenvalue weighted by Crippen LogP contribution is -2.32. The number of amides is 1. The fourth-order valence-electron chi connectivity index (χ4n) is 4.94. The van der Waals surface area contributed by atoms with Gasteiger partial charge in [0.15, 0.2) is 5.65 Å². The molecule has 2 aromatic heterocycles. The molecular formula is C29H32N6O5S. The number of fused-ring (bicyclic) bond motifs is 2. The smallest absolute Gasteiger partial charge is 0.280 e. The molecule has 0 spiro atoms. The maximum Gasteiger partial charge on any atom is 0.280 e. The second-order valence-electron chi connectivity index (χ2n) is 10.3. The van der Waals surface area contributed by atoms with Crippen molar-refractivity contribution in [1.29, 1.82) is 0 Å². The monoisotopic (exact) mass is 576 g/mol. The first-order valence-electron chi connectivity index (χ1n) is 13.4. The van der Waals surface area contributed by atoms with Gasteiger partial charge in [-0.25, -0.2) is 23.6 Å². The molecule has 0 radical (unpaired) electrons. The van der Waals surface area contributed by atoms with Gasteiger partial charge in [0.1, 0.15) is 5.56 Å². The molecule has 41 heavy (non-hydrogen) atoms. The Morgan fingerprint density at radius 1 is 1.10 bits per heavy atom. The van der Waals surface area contributed by atoms with Crippen molar-refractivity contribution in [3.63, 3.8) is 0 Å². The Balaban J connectivity index is 1.46. The molecular weight excluding hydrogens is 544 g/mol. The number of hydroxylamine groups is 1. The Kier molecular flexibility index (Phi) is 8.15. The Morgan fingerprint density at radius 3 is 2.59 bits per heavy atom. The Hall–Kier alpha value is -4.13. The van der Waals surface area contributed by atoms with E-state index in [1.54, 1.807) is 18.4 Å². The first-order valence-corrected chi connectivity index (χ1v) is 15.0. The number of nitrogens with zero attached hydrogens (tertiary/aromatic N) is 3. The Labute approximate surface area is 238 Å². The van der Waals surface area contributed by atoms with Gasteiger partial charge >= 0.3 is 0 Å². The second-order valence-corrected chi connectivity index (χ2v) is 12.2. The topological polar surface area (TPSA) is 144 Å². The van der Waals surface area contributed by atoms with Crippen molar-refractivity contribution in [2.24, 2.45) is 0 Å². The predicted molar refractivity (Wildman–Crippen MR) is 157 cm³/mol. The first kappa shape index (κ1) is 28.4. The van der Waals surface area contributed by atoms with Crippen LogP contribution in [0.1, 0.15) is 47.3 Å². The predicted octanol–water partition coefficient (Wildman–Crippen LogP) is 3.17. The van der Waals surface area contributed by atoms with Gasteiger partial charge in [0, 0.05) is 29.8 Å². The maximum absolute atomic E-state index is 13.2. The van der Waals surface area contributed by atoms with Gasteiger partial charge in [0.25, 0.3) is 5.91 Å². The molecule has 4 aromatic rings. The van der Waals surface area contributed by atoms with Crippen molar-refractivity contribution >= 4 is 38.6 Å². The second kappa shape index (κ2) is 11.8. The van der Waals surface area contributed by atoms with E-state index in [0.717, 1.165) is 30.5 Å². The van der Waals surface area contributed by atoms with Crippen molar-refractivity contribution in [3.8, 4) is 5.69 Å². The summed E-state index contributed by atoms with van der Waals surface area (Å²) in [7, 11) is -2.05. The van der Waals surface area contributed by atoms with Crippen molar-refractivity contribution in [2.75, 3.05) is 18.2 Å². The van der Waals surface area contributed by atoms with Crippen molar-refractivity contribution in [1.82, 2.24) is 24.7 Å². The summed E-state index contributed by atoms with van der Waals surface area (Å²) in [5, 5.41) is 3.34. The van der Waals surface area contributed by atoms with E-state index in [9.17, 15) is 18.0 Å². The van der Waals surface area contributed by atoms with Crippen LogP contribution in [-0.4, -0.2) is 47.8 Å². The molecule has 0 bridgehead atoms. The lowest BCUT2D eigenvalue weighted by molar-refractivity contribution is 0.0536. The largest absolute Gasteiger partial charge is 0.324 e. The summed E-state index contributed by atoms with van der Waals surface area (Å²) in [5.74, 6) is -0.405. The van der Waals surface area contributed by atoms with Gasteiger partial charge in [0.2, 0.25) is 21.4 Å². The first-order chi connectivity index (χ1) is 19.6. The molecule has 1 aliphatic carbocycles. The van der Waals surface area contributed by atoms with Gasteiger partial charge < -0.3 is 9.88 Å². The SMILES string of the molecule is CONC(=O)c1cn(-c2ccc3c(c2)CCC3)c2nc(Nc3ccc(CCS(=O)(=O)NC(C)C)cc3)ncc2c1=O. The molecule has 2 aromatic carbocycles. The van der Waals surface area contributed by atoms with Crippen LogP contribution in [0, 0.1) is 0 Å². The number of sulfonamides is 1. The summed E-state index contributed by atoms with van der Waals surface area (Å²) in [6.07, 6.45) is 6.34. The average Bonchev–Trinajstić information content (AvgIpc) is 3.40. The number of carbonyl (C=O) groups is 1. The molecule has 12 heteroatoms. The maximum atomic E-state index is 13.2. The van der Waals surface area contributed by atoms with Crippen LogP contribution in [0.25, 0.3) is 16.7 Å². The number of anilines is 2. The minimum absolute atomic E-state index is 0.00362. The molecule has 11 nitrogen and oxygen atoms in total. The molecule has 0 saturated heterocycles. The molecule has 0 aliphatic heterocycles. The van der Waals surface area contributed by atoms with Gasteiger partial charge in [-0.2, -0.15) is 4.98 Å². The number of benzene rings is 2. The Bertz CT molecular complexity index is 1770. The molecule has 0 atom stereocenters. The molecule has 1 aliphatic rings. The number of aromatic nitrogens is 3. The van der Waals surface area contributed by atoms with E-state index in [-0.39, 0.29) is 28.7 Å². The van der Waals surface area contributed by atoms with Gasteiger partial charge in [-0.1, -0.05) is 18.2 Å². The molecule has 1 amide bonds. The molecule has 0 unspecified atom stereocenters. The fraction of sp³-hybridized carbons (Fsp3) is 0.310. The summed E-state index contributed by atoms with van der Waals surface area (Å²) in [6, 6.07) is 13.3. The highest BCUT2D eigenvalue weighted by Gasteiger charge is 2.20. The molecule has 0 saturated carbocycles. The third-order valence-corrected chi connectivity index (χ3v) is 8.40. The molecule has 0 fully saturated rings. The molecule has 5 rings (SSSR count). The van der Waals surface area contributed by atoms with Crippen LogP contribution in [0.5, 0.6) is 0 Å². The standard InChI is InChI=1S/C29H32N6O5S/c1-18(2)34-41(38,39)14-13-19-7-10-22(11-8-19)31-29-30-16-24-26(36)25(28(37)33-40-3)17-35(27(24)32-29)23-12-9-20-5-4-6-21(20)15-23/h7-12,15-18,34H,4-6,13-14H2,1-3H3,(H,33,37)(H,30,31,32). The number of hydrogen-bond acceptors (Lipinski definition) is 8. The summed E-state index contributed by atoms with van der Waals surface area (Å²) >= 11 is 0. The number of aryl methyl sites for hydroxylation is 3. The zero-order valence-electron chi connectivity index (χ0n) is 23.1. The lowest BCUT2D eigenvalue weighted by atomic mass is 10.1. The van der Waals surface area contributed by atoms with E-state index in [4.69, 9.17) is 4.84 Å². The number of rotatable bonds is 10. The van der Waals surface area contributed by atoms with Crippen LogP contribution in [0.2, 0.25) is 0 Å². The zero-order valence-corrected chi connectivity index (χ0v) is 23.9. The van der Waals surface area contributed by atoms with Crippen LogP contribution in [0.4, 0.5) is 11.6 Å². The van der Waals surface area contributed by atoms with Crippen molar-refractivity contribution < 1.29 is 18.0 Å². The van der Waals surface area contributed by atoms with E-state index in [0.29, 0.717) is 17.8 Å². The minimum Gasteiger partial charge on any atom is -0.324 e. The van der Waals surface area contributed by atoms with Crippen LogP contribution < -0.4 is 20.9 Å². The number of hydrogen-bond donors (Lipinski definition) is 3. The highest BCUT2D eigenvalue weighted by atomic mass is 32.2. The molecule has 3 N–H and O–H groups in total. The van der Waals surface area contributed by atoms with Crippen LogP contribution in [0.15, 0.2) is 59.7 Å². The van der Waals surface area contributed by atoms with Gasteiger partial charge in [-0.05, 0) is 80.5 Å². The van der Waals surface area contributed by atoms with Crippen LogP contribution >= 0.6 is 0 Å². The normalized spacial score (nSPS) is 13.0. The lowest BCUT2D eigenvalue weighted by Gasteiger charge is -2.15. The van der Waals surface area contributed by atoms with E-state index in [2.05, 4.69) is 37.6 Å². The summed E-state index contributed by atoms with van der Waals surface area (Å²) in [4.78, 5) is 39.6. The van der Waals surface area contributed by atoms with Gasteiger partial charge in [0.05, 0.1) is 18.2 Å². The fourth-order valence-corrected chi connectivity index (χ4v) is 6.28. The number of pyridine rings is 1. The van der Waals surface area contributed by atoms with Crippen molar-refractivity contribution in [3.05, 3.63) is 87.3 Å². The van der Waals surface area contributed by atoms with E-state index >= 15 is 0 Å². The molecule has 2 heterocycles. The van der Waals surface area contributed by atoms with E-state index < -0.39 is 21.4 Å². The van der Waals surface area contributed by atoms with Gasteiger partial charge in [-0.15, -0.1) is 0 Å². The quantitative estimate of drug-likeness (QED) is 0.244. The number of carbonyl (C=O) groups excluding carboxylic acids is 1. The van der Waals surface area contributed by atoms with Crippen molar-refractivity contribution in [2.45, 2.75) is 45.6 Å². The zero-order chi connectivity index (χ0) is 29.1. The van der Waals surface area contributed by atoms with Gasteiger partial charge in [-0.3, -0.25) is 14.4 Å². The highest BCUT2D eigenvalue weighted by Crippen LogP contribution is 2.26. The Morgan fingerprint density at radius 2 is 1.85 bits per heavy atom. The highest BCUT2D eigenvalue weighted by molar-refractivity contribution is 7.89. The minimum atomic E-state index is -3.35. The van der Waals surface area contributed by atoms with Crippen LogP contribution in [-0.2, 0) is 34.1 Å².